The predicted octanol–water partition coefficient (Wildman–Crippen LogP) is 3.33. The highest BCUT2D eigenvalue weighted by atomic mass is 16.2. The number of rotatable bonds is 5. The quantitative estimate of drug-likeness (QED) is 0.836. The second-order valence-corrected chi connectivity index (χ2v) is 6.90. The van der Waals surface area contributed by atoms with Crippen LogP contribution in [0.15, 0.2) is 30.0 Å². The summed E-state index contributed by atoms with van der Waals surface area (Å²) in [5.74, 6) is -0.201. The van der Waals surface area contributed by atoms with Crippen molar-refractivity contribution in [3.8, 4) is 0 Å². The molecule has 0 radical (unpaired) electrons. The number of aromatic nitrogens is 1. The number of amides is 2. The predicted molar refractivity (Wildman–Crippen MR) is 97.5 cm³/mol. The average Bonchev–Trinajstić information content (AvgIpc) is 2.69. The lowest BCUT2D eigenvalue weighted by atomic mass is 9.97. The summed E-state index contributed by atoms with van der Waals surface area (Å²) in [6, 6.07) is 3.31. The molecule has 1 fully saturated rings. The zero-order chi connectivity index (χ0) is 17.5. The zero-order valence-electron chi connectivity index (χ0n) is 14.8. The van der Waals surface area contributed by atoms with Gasteiger partial charge in [-0.1, -0.05) is 11.6 Å². The van der Waals surface area contributed by atoms with Gasteiger partial charge in [0.1, 0.15) is 5.69 Å². The maximum atomic E-state index is 12.6. The number of hydrogen-bond acceptors (Lipinski definition) is 3. The number of pyridine rings is 1. The van der Waals surface area contributed by atoms with Crippen LogP contribution < -0.4 is 5.32 Å². The van der Waals surface area contributed by atoms with E-state index in [0.717, 1.165) is 45.2 Å². The summed E-state index contributed by atoms with van der Waals surface area (Å²) in [5.41, 5.74) is 2.31. The molecule has 0 spiro atoms. The summed E-state index contributed by atoms with van der Waals surface area (Å²) in [4.78, 5) is 30.9. The van der Waals surface area contributed by atoms with Crippen LogP contribution in [0.25, 0.3) is 0 Å². The summed E-state index contributed by atoms with van der Waals surface area (Å²) >= 11 is 0. The molecule has 0 atom stereocenters. The van der Waals surface area contributed by atoms with Gasteiger partial charge < -0.3 is 10.2 Å². The minimum absolute atomic E-state index is 0.00325. The largest absolute Gasteiger partial charge is 0.350 e. The van der Waals surface area contributed by atoms with E-state index in [0.29, 0.717) is 17.8 Å². The van der Waals surface area contributed by atoms with Crippen molar-refractivity contribution in [2.45, 2.75) is 51.4 Å². The highest BCUT2D eigenvalue weighted by Gasteiger charge is 2.19. The molecule has 1 aliphatic heterocycles. The van der Waals surface area contributed by atoms with Crippen LogP contribution in [0.2, 0.25) is 0 Å². The van der Waals surface area contributed by atoms with Crippen molar-refractivity contribution >= 4 is 11.8 Å². The molecule has 0 unspecified atom stereocenters. The molecule has 0 aromatic carbocycles. The van der Waals surface area contributed by atoms with E-state index in [4.69, 9.17) is 0 Å². The van der Waals surface area contributed by atoms with Crippen molar-refractivity contribution in [2.24, 2.45) is 0 Å². The van der Waals surface area contributed by atoms with Crippen molar-refractivity contribution in [3.05, 3.63) is 41.2 Å². The summed E-state index contributed by atoms with van der Waals surface area (Å²) in [6.45, 7) is 2.23. The number of carbonyl (C=O) groups excluding carboxylic acids is 2. The Kier molecular flexibility index (Phi) is 6.20. The monoisotopic (exact) mass is 341 g/mol. The summed E-state index contributed by atoms with van der Waals surface area (Å²) in [5, 5.41) is 2.92. The zero-order valence-corrected chi connectivity index (χ0v) is 14.8. The molecule has 25 heavy (non-hydrogen) atoms. The van der Waals surface area contributed by atoms with Crippen molar-refractivity contribution < 1.29 is 9.59 Å². The fourth-order valence-corrected chi connectivity index (χ4v) is 3.53. The average molecular weight is 341 g/mol. The SMILES string of the molecule is O=C(NCCC1=CCCCC1)c1cc(C(=O)N2CCCCC2)ccn1. The minimum atomic E-state index is -0.204. The number of nitrogens with zero attached hydrogens (tertiary/aromatic N) is 2. The second kappa shape index (κ2) is 8.79. The Balaban J connectivity index is 1.55. The van der Waals surface area contributed by atoms with Gasteiger partial charge in [0, 0.05) is 31.4 Å². The third kappa shape index (κ3) is 4.91. The van der Waals surface area contributed by atoms with Gasteiger partial charge in [0.25, 0.3) is 11.8 Å². The van der Waals surface area contributed by atoms with Crippen LogP contribution in [-0.2, 0) is 0 Å². The number of hydrogen-bond donors (Lipinski definition) is 1. The van der Waals surface area contributed by atoms with E-state index in [1.54, 1.807) is 18.3 Å². The number of likely N-dealkylation sites (tertiary alicyclic amines) is 1. The van der Waals surface area contributed by atoms with Gasteiger partial charge in [0.2, 0.25) is 0 Å². The normalized spacial score (nSPS) is 17.8. The molecule has 0 bridgehead atoms. The Morgan fingerprint density at radius 1 is 1.12 bits per heavy atom. The van der Waals surface area contributed by atoms with E-state index < -0.39 is 0 Å². The third-order valence-corrected chi connectivity index (χ3v) is 5.00. The fraction of sp³-hybridized carbons (Fsp3) is 0.550. The summed E-state index contributed by atoms with van der Waals surface area (Å²) < 4.78 is 0. The lowest BCUT2D eigenvalue weighted by Gasteiger charge is -2.26. The number of nitrogens with one attached hydrogen (secondary N) is 1. The Bertz CT molecular complexity index is 648. The maximum Gasteiger partial charge on any atom is 0.269 e. The number of carbonyl (C=O) groups is 2. The molecular formula is C20H27N3O2. The van der Waals surface area contributed by atoms with Gasteiger partial charge >= 0.3 is 0 Å². The molecule has 1 saturated heterocycles. The highest BCUT2D eigenvalue weighted by molar-refractivity contribution is 5.98. The summed E-state index contributed by atoms with van der Waals surface area (Å²) in [7, 11) is 0. The first-order valence-electron chi connectivity index (χ1n) is 9.45. The van der Waals surface area contributed by atoms with Gasteiger partial charge in [-0.2, -0.15) is 0 Å². The standard InChI is InChI=1S/C20H27N3O2/c24-19(22-11-9-16-7-3-1-4-8-16)18-15-17(10-12-21-18)20(25)23-13-5-2-6-14-23/h7,10,12,15H,1-6,8-9,11,13-14H2,(H,22,24). The van der Waals surface area contributed by atoms with E-state index in [9.17, 15) is 9.59 Å². The third-order valence-electron chi connectivity index (χ3n) is 5.00. The fourth-order valence-electron chi connectivity index (χ4n) is 3.53. The van der Waals surface area contributed by atoms with Gasteiger partial charge in [-0.3, -0.25) is 14.6 Å². The van der Waals surface area contributed by atoms with E-state index >= 15 is 0 Å². The lowest BCUT2D eigenvalue weighted by molar-refractivity contribution is 0.0724. The van der Waals surface area contributed by atoms with E-state index in [-0.39, 0.29) is 11.8 Å². The Hall–Kier alpha value is -2.17. The first-order valence-corrected chi connectivity index (χ1v) is 9.45. The van der Waals surface area contributed by atoms with Crippen LogP contribution in [0.5, 0.6) is 0 Å². The van der Waals surface area contributed by atoms with Crippen molar-refractivity contribution in [1.29, 1.82) is 0 Å². The van der Waals surface area contributed by atoms with E-state index in [1.807, 2.05) is 4.90 Å². The van der Waals surface area contributed by atoms with Crippen LogP contribution in [0.3, 0.4) is 0 Å². The molecular weight excluding hydrogens is 314 g/mol. The Labute approximate surface area is 149 Å². The highest BCUT2D eigenvalue weighted by Crippen LogP contribution is 2.19. The van der Waals surface area contributed by atoms with Crippen LogP contribution >= 0.6 is 0 Å². The molecule has 134 valence electrons. The molecule has 5 heteroatoms. The smallest absolute Gasteiger partial charge is 0.269 e. The summed E-state index contributed by atoms with van der Waals surface area (Å²) in [6.07, 6.45) is 12.9. The molecule has 2 heterocycles. The Morgan fingerprint density at radius 2 is 1.96 bits per heavy atom. The lowest BCUT2D eigenvalue weighted by Crippen LogP contribution is -2.35. The van der Waals surface area contributed by atoms with Crippen molar-refractivity contribution in [3.63, 3.8) is 0 Å². The molecule has 1 N–H and O–H groups in total. The topological polar surface area (TPSA) is 62.3 Å². The van der Waals surface area contributed by atoms with Gasteiger partial charge in [0.15, 0.2) is 0 Å². The van der Waals surface area contributed by atoms with Gasteiger partial charge in [-0.25, -0.2) is 0 Å². The van der Waals surface area contributed by atoms with Crippen LogP contribution in [0, 0.1) is 0 Å². The van der Waals surface area contributed by atoms with Gasteiger partial charge in [0.05, 0.1) is 0 Å². The molecule has 1 aromatic heterocycles. The molecule has 3 rings (SSSR count). The number of allylic oxidation sites excluding steroid dienone is 1. The Morgan fingerprint density at radius 3 is 2.72 bits per heavy atom. The van der Waals surface area contributed by atoms with Gasteiger partial charge in [-0.15, -0.1) is 0 Å². The van der Waals surface area contributed by atoms with Crippen molar-refractivity contribution in [2.75, 3.05) is 19.6 Å². The van der Waals surface area contributed by atoms with Gasteiger partial charge in [-0.05, 0) is 63.5 Å². The maximum absolute atomic E-state index is 12.6. The molecule has 0 saturated carbocycles. The number of piperidine rings is 1. The molecule has 1 aliphatic carbocycles. The molecule has 2 aliphatic rings. The van der Waals surface area contributed by atoms with Crippen LogP contribution in [0.4, 0.5) is 0 Å². The second-order valence-electron chi connectivity index (χ2n) is 6.90. The first-order chi connectivity index (χ1) is 12.2. The molecule has 5 nitrogen and oxygen atoms in total. The molecule has 2 amide bonds. The van der Waals surface area contributed by atoms with Crippen LogP contribution in [-0.4, -0.2) is 41.3 Å². The van der Waals surface area contributed by atoms with Crippen molar-refractivity contribution in [1.82, 2.24) is 15.2 Å². The van der Waals surface area contributed by atoms with E-state index in [2.05, 4.69) is 16.4 Å². The minimum Gasteiger partial charge on any atom is -0.350 e. The van der Waals surface area contributed by atoms with E-state index in [1.165, 1.54) is 24.8 Å². The first kappa shape index (κ1) is 17.6. The van der Waals surface area contributed by atoms with Crippen LogP contribution in [0.1, 0.15) is 72.2 Å². The molecule has 1 aromatic rings.